The van der Waals surface area contributed by atoms with Gasteiger partial charge in [-0.3, -0.25) is 14.6 Å². The predicted molar refractivity (Wildman–Crippen MR) is 109 cm³/mol. The van der Waals surface area contributed by atoms with Gasteiger partial charge in [0.2, 0.25) is 0 Å². The monoisotopic (exact) mass is 372 g/mol. The van der Waals surface area contributed by atoms with Crippen LogP contribution in [0.3, 0.4) is 0 Å². The van der Waals surface area contributed by atoms with Crippen LogP contribution in [0.5, 0.6) is 0 Å². The van der Waals surface area contributed by atoms with Crippen molar-refractivity contribution in [3.8, 4) is 0 Å². The lowest BCUT2D eigenvalue weighted by atomic mass is 10.1. The van der Waals surface area contributed by atoms with Gasteiger partial charge in [-0.2, -0.15) is 5.10 Å². The van der Waals surface area contributed by atoms with Gasteiger partial charge >= 0.3 is 0 Å². The summed E-state index contributed by atoms with van der Waals surface area (Å²) >= 11 is 0. The average Bonchev–Trinajstić information content (AvgIpc) is 2.72. The quantitative estimate of drug-likeness (QED) is 0.528. The van der Waals surface area contributed by atoms with Crippen molar-refractivity contribution in [3.05, 3.63) is 95.3 Å². The second-order valence-electron chi connectivity index (χ2n) is 6.26. The van der Waals surface area contributed by atoms with Crippen LogP contribution in [0.1, 0.15) is 38.9 Å². The number of carbonyl (C=O) groups excluding carboxylic acids is 2. The maximum absolute atomic E-state index is 12.4. The first-order valence-corrected chi connectivity index (χ1v) is 8.77. The number of aromatic nitrogens is 1. The van der Waals surface area contributed by atoms with Crippen molar-refractivity contribution in [2.75, 3.05) is 5.32 Å². The second kappa shape index (κ2) is 8.73. The van der Waals surface area contributed by atoms with Crippen LogP contribution < -0.4 is 10.7 Å². The summed E-state index contributed by atoms with van der Waals surface area (Å²) in [6.07, 6.45) is 1.55. The molecule has 6 nitrogen and oxygen atoms in total. The van der Waals surface area contributed by atoms with Crippen molar-refractivity contribution in [1.29, 1.82) is 0 Å². The van der Waals surface area contributed by atoms with Gasteiger partial charge in [-0.15, -0.1) is 0 Å². The van der Waals surface area contributed by atoms with E-state index in [0.717, 1.165) is 11.1 Å². The summed E-state index contributed by atoms with van der Waals surface area (Å²) in [6.45, 7) is 3.72. The first-order valence-electron chi connectivity index (χ1n) is 8.77. The lowest BCUT2D eigenvalue weighted by molar-refractivity contribution is 0.0949. The predicted octanol–water partition coefficient (Wildman–Crippen LogP) is 3.80. The third-order valence-electron chi connectivity index (χ3n) is 4.04. The normalized spacial score (nSPS) is 11.0. The number of rotatable bonds is 5. The van der Waals surface area contributed by atoms with Gasteiger partial charge in [0, 0.05) is 17.4 Å². The third kappa shape index (κ3) is 4.88. The summed E-state index contributed by atoms with van der Waals surface area (Å²) in [5.74, 6) is -0.567. The number of pyridine rings is 1. The van der Waals surface area contributed by atoms with Crippen molar-refractivity contribution in [2.24, 2.45) is 5.10 Å². The van der Waals surface area contributed by atoms with Crippen molar-refractivity contribution < 1.29 is 9.59 Å². The van der Waals surface area contributed by atoms with Crippen molar-refractivity contribution in [1.82, 2.24) is 10.4 Å². The van der Waals surface area contributed by atoms with E-state index in [2.05, 4.69) is 20.8 Å². The molecule has 3 aromatic rings. The Balaban J connectivity index is 1.70. The van der Waals surface area contributed by atoms with Crippen molar-refractivity contribution in [3.63, 3.8) is 0 Å². The van der Waals surface area contributed by atoms with E-state index < -0.39 is 0 Å². The average molecular weight is 372 g/mol. The summed E-state index contributed by atoms with van der Waals surface area (Å²) in [4.78, 5) is 28.4. The van der Waals surface area contributed by atoms with Crippen LogP contribution in [0.4, 0.5) is 5.69 Å². The van der Waals surface area contributed by atoms with E-state index in [1.54, 1.807) is 49.5 Å². The molecule has 0 unspecified atom stereocenters. The highest BCUT2D eigenvalue weighted by Crippen LogP contribution is 2.14. The lowest BCUT2D eigenvalue weighted by Gasteiger charge is -2.08. The molecule has 2 N–H and O–H groups in total. The molecule has 140 valence electrons. The van der Waals surface area contributed by atoms with E-state index in [1.165, 1.54) is 0 Å². The SMILES string of the molecule is C/C(=N/NC(=O)c1ccccn1)c1cccc(NC(=O)c2cccc(C)c2)c1. The number of benzene rings is 2. The summed E-state index contributed by atoms with van der Waals surface area (Å²) < 4.78 is 0. The fourth-order valence-electron chi connectivity index (χ4n) is 2.57. The largest absolute Gasteiger partial charge is 0.322 e. The Hall–Kier alpha value is -3.80. The first kappa shape index (κ1) is 19.0. The maximum Gasteiger partial charge on any atom is 0.289 e. The zero-order valence-electron chi connectivity index (χ0n) is 15.6. The lowest BCUT2D eigenvalue weighted by Crippen LogP contribution is -2.20. The van der Waals surface area contributed by atoms with Crippen LogP contribution in [0.2, 0.25) is 0 Å². The molecule has 0 saturated heterocycles. The minimum absolute atomic E-state index is 0.182. The molecule has 3 rings (SSSR count). The zero-order valence-corrected chi connectivity index (χ0v) is 15.6. The number of nitrogens with one attached hydrogen (secondary N) is 2. The Morgan fingerprint density at radius 2 is 1.68 bits per heavy atom. The van der Waals surface area contributed by atoms with Gasteiger partial charge < -0.3 is 5.32 Å². The molecule has 28 heavy (non-hydrogen) atoms. The molecule has 1 heterocycles. The minimum atomic E-state index is -0.385. The van der Waals surface area contributed by atoms with E-state index in [1.807, 2.05) is 37.3 Å². The van der Waals surface area contributed by atoms with E-state index in [4.69, 9.17) is 0 Å². The fraction of sp³-hybridized carbons (Fsp3) is 0.0909. The second-order valence-corrected chi connectivity index (χ2v) is 6.26. The van der Waals surface area contributed by atoms with Gasteiger partial charge in [-0.1, -0.05) is 35.9 Å². The molecule has 6 heteroatoms. The van der Waals surface area contributed by atoms with Crippen molar-refractivity contribution in [2.45, 2.75) is 13.8 Å². The van der Waals surface area contributed by atoms with Crippen LogP contribution in [-0.4, -0.2) is 22.5 Å². The highest BCUT2D eigenvalue weighted by Gasteiger charge is 2.08. The molecule has 0 aliphatic carbocycles. The smallest absolute Gasteiger partial charge is 0.289 e. The van der Waals surface area contributed by atoms with Gasteiger partial charge in [-0.25, -0.2) is 5.43 Å². The molecule has 0 aliphatic rings. The number of aryl methyl sites for hydroxylation is 1. The summed E-state index contributed by atoms with van der Waals surface area (Å²) in [7, 11) is 0. The van der Waals surface area contributed by atoms with Gasteiger partial charge in [-0.05, 0) is 55.8 Å². The van der Waals surface area contributed by atoms with Crippen molar-refractivity contribution >= 4 is 23.2 Å². The number of anilines is 1. The van der Waals surface area contributed by atoms with E-state index in [0.29, 0.717) is 22.7 Å². The molecule has 0 spiro atoms. The molecule has 0 fully saturated rings. The molecule has 2 aromatic carbocycles. The van der Waals surface area contributed by atoms with Crippen LogP contribution in [0, 0.1) is 6.92 Å². The molecule has 0 radical (unpaired) electrons. The number of carbonyl (C=O) groups is 2. The fourth-order valence-corrected chi connectivity index (χ4v) is 2.57. The Morgan fingerprint density at radius 1 is 0.893 bits per heavy atom. The summed E-state index contributed by atoms with van der Waals surface area (Å²) in [5.41, 5.74) is 6.43. The number of amides is 2. The highest BCUT2D eigenvalue weighted by molar-refractivity contribution is 6.06. The topological polar surface area (TPSA) is 83.4 Å². The molecule has 1 aromatic heterocycles. The maximum atomic E-state index is 12.4. The van der Waals surface area contributed by atoms with Gasteiger partial charge in [0.05, 0.1) is 5.71 Å². The molecule has 0 atom stereocenters. The molecule has 0 saturated carbocycles. The van der Waals surface area contributed by atoms with Gasteiger partial charge in [0.25, 0.3) is 11.8 Å². The third-order valence-corrected chi connectivity index (χ3v) is 4.04. The molecule has 0 bridgehead atoms. The number of hydrogen-bond donors (Lipinski definition) is 2. The highest BCUT2D eigenvalue weighted by atomic mass is 16.2. The number of hydrazone groups is 1. The van der Waals surface area contributed by atoms with E-state index in [9.17, 15) is 9.59 Å². The summed E-state index contributed by atoms with van der Waals surface area (Å²) in [5, 5.41) is 7.01. The van der Waals surface area contributed by atoms with E-state index >= 15 is 0 Å². The Bertz CT molecular complexity index is 1030. The van der Waals surface area contributed by atoms with Gasteiger partial charge in [0.15, 0.2) is 0 Å². The molecular formula is C22H20N4O2. The Morgan fingerprint density at radius 3 is 2.43 bits per heavy atom. The van der Waals surface area contributed by atoms with Crippen LogP contribution in [0.25, 0.3) is 0 Å². The minimum Gasteiger partial charge on any atom is -0.322 e. The van der Waals surface area contributed by atoms with Crippen LogP contribution in [-0.2, 0) is 0 Å². The first-order chi connectivity index (χ1) is 13.5. The number of hydrogen-bond acceptors (Lipinski definition) is 4. The summed E-state index contributed by atoms with van der Waals surface area (Å²) in [6, 6.07) is 19.8. The van der Waals surface area contributed by atoms with Crippen LogP contribution >= 0.6 is 0 Å². The van der Waals surface area contributed by atoms with E-state index in [-0.39, 0.29) is 11.8 Å². The Labute approximate surface area is 163 Å². The number of nitrogens with zero attached hydrogens (tertiary/aromatic N) is 2. The van der Waals surface area contributed by atoms with Gasteiger partial charge in [0.1, 0.15) is 5.69 Å². The van der Waals surface area contributed by atoms with Crippen LogP contribution in [0.15, 0.2) is 78.0 Å². The zero-order chi connectivity index (χ0) is 19.9. The Kier molecular flexibility index (Phi) is 5.91. The molecule has 2 amide bonds. The molecular weight excluding hydrogens is 352 g/mol. The molecule has 0 aliphatic heterocycles. The standard InChI is InChI=1S/C22H20N4O2/c1-15-7-5-9-18(13-15)21(27)24-19-10-6-8-17(14-19)16(2)25-26-22(28)20-11-3-4-12-23-20/h3-14H,1-2H3,(H,24,27)(H,26,28)/b25-16-.